The van der Waals surface area contributed by atoms with Crippen LogP contribution in [0.25, 0.3) is 11.0 Å². The van der Waals surface area contributed by atoms with E-state index < -0.39 is 0 Å². The summed E-state index contributed by atoms with van der Waals surface area (Å²) in [5, 5.41) is 11.8. The summed E-state index contributed by atoms with van der Waals surface area (Å²) < 4.78 is 1.84. The molecule has 1 aliphatic carbocycles. The summed E-state index contributed by atoms with van der Waals surface area (Å²) in [4.78, 5) is 27.5. The Labute approximate surface area is 140 Å². The Morgan fingerprint density at radius 2 is 2.17 bits per heavy atom. The first-order valence-corrected chi connectivity index (χ1v) is 8.76. The molecule has 1 saturated carbocycles. The number of benzene rings is 1. The lowest BCUT2D eigenvalue weighted by atomic mass is 10.1. The van der Waals surface area contributed by atoms with Crippen LogP contribution >= 0.6 is 0 Å². The maximum Gasteiger partial charge on any atom is 0.326 e. The number of amides is 1. The molecule has 1 unspecified atom stereocenters. The van der Waals surface area contributed by atoms with Gasteiger partial charge in [-0.3, -0.25) is 9.36 Å². The topological polar surface area (TPSA) is 87.1 Å². The summed E-state index contributed by atoms with van der Waals surface area (Å²) in [6.45, 7) is 2.05. The highest BCUT2D eigenvalue weighted by atomic mass is 16.3. The number of H-pyrrole nitrogens is 1. The van der Waals surface area contributed by atoms with E-state index in [-0.39, 0.29) is 30.3 Å². The molecule has 1 amide bonds. The van der Waals surface area contributed by atoms with Crippen LogP contribution in [0.1, 0.15) is 61.8 Å². The average molecular weight is 331 g/mol. The summed E-state index contributed by atoms with van der Waals surface area (Å²) in [5.41, 5.74) is 2.03. The van der Waals surface area contributed by atoms with E-state index in [0.29, 0.717) is 17.5 Å². The smallest absolute Gasteiger partial charge is 0.326 e. The SMILES string of the molecule is CC(CCCO)NC(=O)c1ccc2c(c1)[nH]c(=O)n2C1CCCC1. The van der Waals surface area contributed by atoms with E-state index in [9.17, 15) is 9.59 Å². The molecule has 6 nitrogen and oxygen atoms in total. The number of imidazole rings is 1. The van der Waals surface area contributed by atoms with Crippen LogP contribution in [-0.2, 0) is 0 Å². The minimum absolute atomic E-state index is 0.00230. The van der Waals surface area contributed by atoms with E-state index >= 15 is 0 Å². The lowest BCUT2D eigenvalue weighted by Gasteiger charge is -2.14. The van der Waals surface area contributed by atoms with Crippen molar-refractivity contribution in [2.24, 2.45) is 0 Å². The first kappa shape index (κ1) is 16.8. The van der Waals surface area contributed by atoms with Crippen LogP contribution in [0.5, 0.6) is 0 Å². The summed E-state index contributed by atoms with van der Waals surface area (Å²) in [6, 6.07) is 5.65. The fourth-order valence-electron chi connectivity index (χ4n) is 3.57. The van der Waals surface area contributed by atoms with E-state index in [1.807, 2.05) is 17.6 Å². The molecular weight excluding hydrogens is 306 g/mol. The standard InChI is InChI=1S/C18H25N3O3/c1-12(5-4-10-22)19-17(23)13-8-9-16-15(11-13)20-18(24)21(16)14-6-2-3-7-14/h8-9,11-12,14,22H,2-7,10H2,1H3,(H,19,23)(H,20,24). The van der Waals surface area contributed by atoms with Gasteiger partial charge in [0.05, 0.1) is 11.0 Å². The third-order valence-corrected chi connectivity index (χ3v) is 4.84. The van der Waals surface area contributed by atoms with Crippen molar-refractivity contribution < 1.29 is 9.90 Å². The second-order valence-corrected chi connectivity index (χ2v) is 6.71. The molecule has 3 N–H and O–H groups in total. The van der Waals surface area contributed by atoms with Gasteiger partial charge in [0.1, 0.15) is 0 Å². The first-order valence-electron chi connectivity index (χ1n) is 8.76. The molecule has 24 heavy (non-hydrogen) atoms. The van der Waals surface area contributed by atoms with Crippen molar-refractivity contribution in [3.05, 3.63) is 34.2 Å². The number of hydrogen-bond acceptors (Lipinski definition) is 3. The van der Waals surface area contributed by atoms with Gasteiger partial charge in [0.25, 0.3) is 5.91 Å². The summed E-state index contributed by atoms with van der Waals surface area (Å²) in [7, 11) is 0. The molecule has 1 fully saturated rings. The number of rotatable bonds is 6. The van der Waals surface area contributed by atoms with Crippen LogP contribution in [0, 0.1) is 0 Å². The number of nitrogens with one attached hydrogen (secondary N) is 2. The van der Waals surface area contributed by atoms with Crippen LogP contribution in [-0.4, -0.2) is 33.2 Å². The zero-order valence-corrected chi connectivity index (χ0v) is 14.0. The first-order chi connectivity index (χ1) is 11.6. The highest BCUT2D eigenvalue weighted by Crippen LogP contribution is 2.30. The van der Waals surface area contributed by atoms with E-state index in [0.717, 1.165) is 37.6 Å². The summed E-state index contributed by atoms with van der Waals surface area (Å²) >= 11 is 0. The van der Waals surface area contributed by atoms with Gasteiger partial charge in [0.15, 0.2) is 0 Å². The van der Waals surface area contributed by atoms with Crippen LogP contribution in [0.15, 0.2) is 23.0 Å². The van der Waals surface area contributed by atoms with Crippen LogP contribution in [0.4, 0.5) is 0 Å². The maximum atomic E-state index is 12.3. The lowest BCUT2D eigenvalue weighted by molar-refractivity contribution is 0.0936. The van der Waals surface area contributed by atoms with Crippen molar-refractivity contribution in [2.75, 3.05) is 6.61 Å². The Morgan fingerprint density at radius 3 is 2.88 bits per heavy atom. The molecule has 0 bridgehead atoms. The molecule has 0 saturated heterocycles. The monoisotopic (exact) mass is 331 g/mol. The van der Waals surface area contributed by atoms with Crippen LogP contribution in [0.3, 0.4) is 0 Å². The van der Waals surface area contributed by atoms with Gasteiger partial charge >= 0.3 is 5.69 Å². The molecule has 1 aromatic carbocycles. The minimum atomic E-state index is -0.156. The van der Waals surface area contributed by atoms with E-state index in [1.54, 1.807) is 12.1 Å². The Kier molecular flexibility index (Phi) is 5.04. The molecule has 0 aliphatic heterocycles. The second-order valence-electron chi connectivity index (χ2n) is 6.71. The number of carbonyl (C=O) groups is 1. The number of aliphatic hydroxyl groups is 1. The molecular formula is C18H25N3O3. The average Bonchev–Trinajstić information content (AvgIpc) is 3.18. The Hall–Kier alpha value is -2.08. The van der Waals surface area contributed by atoms with E-state index in [4.69, 9.17) is 5.11 Å². The number of fused-ring (bicyclic) bond motifs is 1. The predicted molar refractivity (Wildman–Crippen MR) is 93.3 cm³/mol. The van der Waals surface area contributed by atoms with Gasteiger partial charge in [0.2, 0.25) is 0 Å². The highest BCUT2D eigenvalue weighted by Gasteiger charge is 2.21. The number of nitrogens with zero attached hydrogens (tertiary/aromatic N) is 1. The van der Waals surface area contributed by atoms with Gasteiger partial charge in [-0.25, -0.2) is 4.79 Å². The van der Waals surface area contributed by atoms with Crippen molar-refractivity contribution in [3.63, 3.8) is 0 Å². The fraction of sp³-hybridized carbons (Fsp3) is 0.556. The number of hydrogen-bond donors (Lipinski definition) is 3. The van der Waals surface area contributed by atoms with Gasteiger partial charge in [0, 0.05) is 24.3 Å². The van der Waals surface area contributed by atoms with E-state index in [1.165, 1.54) is 0 Å². The number of aromatic amines is 1. The third-order valence-electron chi connectivity index (χ3n) is 4.84. The Balaban J connectivity index is 1.81. The quantitative estimate of drug-likeness (QED) is 0.759. The largest absolute Gasteiger partial charge is 0.396 e. The molecule has 130 valence electrons. The molecule has 3 rings (SSSR count). The Bertz CT molecular complexity index is 771. The zero-order valence-electron chi connectivity index (χ0n) is 14.0. The maximum absolute atomic E-state index is 12.3. The summed E-state index contributed by atoms with van der Waals surface area (Å²) in [6.07, 6.45) is 5.80. The van der Waals surface area contributed by atoms with Crippen molar-refractivity contribution in [1.29, 1.82) is 0 Å². The van der Waals surface area contributed by atoms with Crippen molar-refractivity contribution in [1.82, 2.24) is 14.9 Å². The predicted octanol–water partition coefficient (Wildman–Crippen LogP) is 2.34. The normalized spacial score (nSPS) is 16.6. The molecule has 0 spiro atoms. The third kappa shape index (κ3) is 3.38. The summed E-state index contributed by atoms with van der Waals surface area (Å²) in [5.74, 6) is -0.156. The van der Waals surface area contributed by atoms with Crippen molar-refractivity contribution in [3.8, 4) is 0 Å². The van der Waals surface area contributed by atoms with Gasteiger partial charge in [-0.2, -0.15) is 0 Å². The number of aliphatic hydroxyl groups excluding tert-OH is 1. The molecule has 1 aliphatic rings. The zero-order chi connectivity index (χ0) is 17.1. The molecule has 6 heteroatoms. The lowest BCUT2D eigenvalue weighted by Crippen LogP contribution is -2.32. The Morgan fingerprint density at radius 1 is 1.42 bits per heavy atom. The van der Waals surface area contributed by atoms with Gasteiger partial charge in [-0.05, 0) is 50.8 Å². The van der Waals surface area contributed by atoms with Gasteiger partial charge in [-0.15, -0.1) is 0 Å². The fourth-order valence-corrected chi connectivity index (χ4v) is 3.57. The van der Waals surface area contributed by atoms with Crippen LogP contribution < -0.4 is 11.0 Å². The molecule has 1 atom stereocenters. The minimum Gasteiger partial charge on any atom is -0.396 e. The van der Waals surface area contributed by atoms with Crippen molar-refractivity contribution in [2.45, 2.75) is 57.5 Å². The highest BCUT2D eigenvalue weighted by molar-refractivity contribution is 5.97. The van der Waals surface area contributed by atoms with Gasteiger partial charge < -0.3 is 15.4 Å². The van der Waals surface area contributed by atoms with Gasteiger partial charge in [-0.1, -0.05) is 12.8 Å². The second kappa shape index (κ2) is 7.21. The number of carbonyl (C=O) groups excluding carboxylic acids is 1. The van der Waals surface area contributed by atoms with Crippen LogP contribution in [0.2, 0.25) is 0 Å². The van der Waals surface area contributed by atoms with E-state index in [2.05, 4.69) is 10.3 Å². The molecule has 2 aromatic rings. The molecule has 1 aromatic heterocycles. The number of aromatic nitrogens is 2. The molecule has 0 radical (unpaired) electrons. The molecule has 1 heterocycles. The van der Waals surface area contributed by atoms with Crippen molar-refractivity contribution >= 4 is 16.9 Å².